The molecule has 0 saturated carbocycles. The van der Waals surface area contributed by atoms with E-state index in [1.807, 2.05) is 0 Å². The van der Waals surface area contributed by atoms with Crippen molar-refractivity contribution in [2.24, 2.45) is 0 Å². The van der Waals surface area contributed by atoms with E-state index in [4.69, 9.17) is 0 Å². The first-order chi connectivity index (χ1) is 6.36. The molecule has 14 heavy (non-hydrogen) atoms. The topological polar surface area (TPSA) is 0 Å². The van der Waals surface area contributed by atoms with Crippen molar-refractivity contribution in [1.29, 1.82) is 0 Å². The molecule has 0 saturated heterocycles. The normalized spacial score (nSPS) is 22.1. The predicted octanol–water partition coefficient (Wildman–Crippen LogP) is 3.28. The summed E-state index contributed by atoms with van der Waals surface area (Å²) in [4.78, 5) is 0. The Hall–Kier alpha value is -1.06. The highest BCUT2D eigenvalue weighted by Crippen LogP contribution is 2.52. The fourth-order valence-electron chi connectivity index (χ4n) is 1.86. The monoisotopic (exact) mass is 204 g/mol. The van der Waals surface area contributed by atoms with E-state index in [1.54, 1.807) is 0 Å². The molecule has 1 aliphatic carbocycles. The number of alkyl halides is 4. The van der Waals surface area contributed by atoms with Gasteiger partial charge in [0.25, 0.3) is 0 Å². The Morgan fingerprint density at radius 1 is 1.14 bits per heavy atom. The van der Waals surface area contributed by atoms with Gasteiger partial charge in [-0.3, -0.25) is 0 Å². The second kappa shape index (κ2) is 2.49. The lowest BCUT2D eigenvalue weighted by atomic mass is 10.0. The molecule has 0 bridgehead atoms. The SMILES string of the molecule is Cc1cccc2c1C(F)(F)C(F)(F)C2. The summed E-state index contributed by atoms with van der Waals surface area (Å²) in [6, 6.07) is 4.27. The lowest BCUT2D eigenvalue weighted by Crippen LogP contribution is -2.33. The fourth-order valence-corrected chi connectivity index (χ4v) is 1.86. The Kier molecular flexibility index (Phi) is 1.69. The second-order valence-corrected chi connectivity index (χ2v) is 3.56. The van der Waals surface area contributed by atoms with Gasteiger partial charge in [-0.1, -0.05) is 18.2 Å². The minimum absolute atomic E-state index is 0.0556. The summed E-state index contributed by atoms with van der Waals surface area (Å²) in [7, 11) is 0. The maximum Gasteiger partial charge on any atom is 0.336 e. The molecule has 0 radical (unpaired) electrons. The van der Waals surface area contributed by atoms with Gasteiger partial charge in [0.15, 0.2) is 0 Å². The Morgan fingerprint density at radius 2 is 1.79 bits per heavy atom. The van der Waals surface area contributed by atoms with Gasteiger partial charge in [-0.25, -0.2) is 0 Å². The van der Waals surface area contributed by atoms with Gasteiger partial charge in [-0.15, -0.1) is 0 Å². The maximum atomic E-state index is 13.2. The summed E-state index contributed by atoms with van der Waals surface area (Å²) >= 11 is 0. The van der Waals surface area contributed by atoms with Crippen molar-refractivity contribution in [2.75, 3.05) is 0 Å². The van der Waals surface area contributed by atoms with Gasteiger partial charge in [-0.2, -0.15) is 17.6 Å². The van der Waals surface area contributed by atoms with Gasteiger partial charge in [0.2, 0.25) is 0 Å². The smallest absolute Gasteiger partial charge is 0.199 e. The average Bonchev–Trinajstić information content (AvgIpc) is 2.19. The third-order valence-corrected chi connectivity index (χ3v) is 2.54. The van der Waals surface area contributed by atoms with Gasteiger partial charge >= 0.3 is 11.8 Å². The van der Waals surface area contributed by atoms with Crippen LogP contribution in [0.2, 0.25) is 0 Å². The van der Waals surface area contributed by atoms with Crippen LogP contribution in [0.15, 0.2) is 18.2 Å². The Labute approximate surface area is 78.5 Å². The van der Waals surface area contributed by atoms with Gasteiger partial charge in [-0.05, 0) is 18.1 Å². The molecule has 0 fully saturated rings. The second-order valence-electron chi connectivity index (χ2n) is 3.56. The van der Waals surface area contributed by atoms with Crippen molar-refractivity contribution in [2.45, 2.75) is 25.2 Å². The van der Waals surface area contributed by atoms with Crippen LogP contribution in [0.25, 0.3) is 0 Å². The summed E-state index contributed by atoms with van der Waals surface area (Å²) in [5.74, 6) is -7.96. The Morgan fingerprint density at radius 3 is 2.36 bits per heavy atom. The summed E-state index contributed by atoms with van der Waals surface area (Å²) in [6.07, 6.45) is -0.864. The first kappa shape index (κ1) is 9.49. The molecule has 0 heterocycles. The quantitative estimate of drug-likeness (QED) is 0.569. The molecular formula is C10H8F4. The van der Waals surface area contributed by atoms with E-state index < -0.39 is 23.8 Å². The first-order valence-electron chi connectivity index (χ1n) is 4.21. The van der Waals surface area contributed by atoms with Crippen molar-refractivity contribution in [1.82, 2.24) is 0 Å². The van der Waals surface area contributed by atoms with Crippen LogP contribution in [0, 0.1) is 6.92 Å². The largest absolute Gasteiger partial charge is 0.336 e. The van der Waals surface area contributed by atoms with Crippen LogP contribution in [0.3, 0.4) is 0 Å². The predicted molar refractivity (Wildman–Crippen MR) is 43.7 cm³/mol. The van der Waals surface area contributed by atoms with Crippen LogP contribution < -0.4 is 0 Å². The van der Waals surface area contributed by atoms with E-state index in [1.165, 1.54) is 25.1 Å². The maximum absolute atomic E-state index is 13.2. The molecule has 0 atom stereocenters. The highest BCUT2D eigenvalue weighted by atomic mass is 19.3. The van der Waals surface area contributed by atoms with E-state index >= 15 is 0 Å². The van der Waals surface area contributed by atoms with E-state index in [-0.39, 0.29) is 11.1 Å². The van der Waals surface area contributed by atoms with Crippen molar-refractivity contribution < 1.29 is 17.6 Å². The highest BCUT2D eigenvalue weighted by Gasteiger charge is 2.63. The first-order valence-corrected chi connectivity index (χ1v) is 4.21. The molecular weight excluding hydrogens is 196 g/mol. The summed E-state index contributed by atoms with van der Waals surface area (Å²) in [5, 5.41) is 0. The zero-order valence-electron chi connectivity index (χ0n) is 7.45. The number of fused-ring (bicyclic) bond motifs is 1. The highest BCUT2D eigenvalue weighted by molar-refractivity contribution is 5.44. The van der Waals surface area contributed by atoms with E-state index in [2.05, 4.69) is 0 Å². The van der Waals surface area contributed by atoms with Crippen molar-refractivity contribution in [3.05, 3.63) is 34.9 Å². The van der Waals surface area contributed by atoms with Gasteiger partial charge in [0.05, 0.1) is 0 Å². The molecule has 0 aliphatic heterocycles. The van der Waals surface area contributed by atoms with E-state index in [0.29, 0.717) is 0 Å². The number of aryl methyl sites for hydroxylation is 1. The standard InChI is InChI=1S/C10H8F4/c1-6-3-2-4-7-5-9(11,12)10(13,14)8(6)7/h2-4H,5H2,1H3. The van der Waals surface area contributed by atoms with Crippen LogP contribution in [-0.2, 0) is 12.3 Å². The molecule has 0 amide bonds. The molecule has 1 aromatic carbocycles. The molecule has 1 aromatic rings. The summed E-state index contributed by atoms with van der Waals surface area (Å²) in [5.41, 5.74) is -0.213. The van der Waals surface area contributed by atoms with Crippen LogP contribution >= 0.6 is 0 Å². The third-order valence-electron chi connectivity index (χ3n) is 2.54. The molecule has 0 spiro atoms. The third kappa shape index (κ3) is 0.996. The van der Waals surface area contributed by atoms with Gasteiger partial charge < -0.3 is 0 Å². The lowest BCUT2D eigenvalue weighted by molar-refractivity contribution is -0.202. The molecule has 0 aromatic heterocycles. The summed E-state index contributed by atoms with van der Waals surface area (Å²) in [6.45, 7) is 1.42. The lowest BCUT2D eigenvalue weighted by Gasteiger charge is -2.19. The van der Waals surface area contributed by atoms with Crippen molar-refractivity contribution in [3.63, 3.8) is 0 Å². The van der Waals surface area contributed by atoms with Gasteiger partial charge in [0.1, 0.15) is 0 Å². The fraction of sp³-hybridized carbons (Fsp3) is 0.400. The van der Waals surface area contributed by atoms with Crippen LogP contribution in [0.1, 0.15) is 16.7 Å². The van der Waals surface area contributed by atoms with Crippen LogP contribution in [0.5, 0.6) is 0 Å². The minimum atomic E-state index is -4.02. The zero-order chi connectivity index (χ0) is 10.6. The summed E-state index contributed by atoms with van der Waals surface area (Å²) < 4.78 is 52.3. The zero-order valence-corrected chi connectivity index (χ0v) is 7.45. The average molecular weight is 204 g/mol. The number of halogens is 4. The molecule has 0 nitrogen and oxygen atoms in total. The Bertz CT molecular complexity index is 382. The number of rotatable bonds is 0. The number of hydrogen-bond donors (Lipinski definition) is 0. The molecule has 2 rings (SSSR count). The van der Waals surface area contributed by atoms with E-state index in [9.17, 15) is 17.6 Å². The molecule has 4 heteroatoms. The Balaban J connectivity index is 2.68. The van der Waals surface area contributed by atoms with Crippen LogP contribution in [-0.4, -0.2) is 5.92 Å². The number of benzene rings is 1. The van der Waals surface area contributed by atoms with E-state index in [0.717, 1.165) is 0 Å². The van der Waals surface area contributed by atoms with Crippen molar-refractivity contribution >= 4 is 0 Å². The molecule has 76 valence electrons. The van der Waals surface area contributed by atoms with Crippen molar-refractivity contribution in [3.8, 4) is 0 Å². The number of hydrogen-bond acceptors (Lipinski definition) is 0. The minimum Gasteiger partial charge on any atom is -0.199 e. The molecule has 0 unspecified atom stereocenters. The van der Waals surface area contributed by atoms with Gasteiger partial charge in [0, 0.05) is 12.0 Å². The van der Waals surface area contributed by atoms with Crippen LogP contribution in [0.4, 0.5) is 17.6 Å². The molecule has 1 aliphatic rings. The molecule has 0 N–H and O–H groups in total.